The van der Waals surface area contributed by atoms with Gasteiger partial charge in [-0.2, -0.15) is 0 Å². The molecule has 2 aromatic carbocycles. The summed E-state index contributed by atoms with van der Waals surface area (Å²) < 4.78 is 21.4. The van der Waals surface area contributed by atoms with Crippen LogP contribution >= 0.6 is 0 Å². The summed E-state index contributed by atoms with van der Waals surface area (Å²) in [6.07, 6.45) is 0. The fourth-order valence-corrected chi connectivity index (χ4v) is 3.56. The van der Waals surface area contributed by atoms with Gasteiger partial charge in [-0.15, -0.1) is 0 Å². The Balaban J connectivity index is 1.87. The zero-order valence-electron chi connectivity index (χ0n) is 14.0. The number of carbonyl (C=O) groups is 1. The highest BCUT2D eigenvalue weighted by Gasteiger charge is 2.33. The van der Waals surface area contributed by atoms with Crippen molar-refractivity contribution in [1.82, 2.24) is 4.98 Å². The summed E-state index contributed by atoms with van der Waals surface area (Å²) in [5, 5.41) is 0.882. The monoisotopic (exact) mass is 351 g/mol. The molecule has 0 fully saturated rings. The standard InChI is InChI=1S/C19H13NO6/c1-23-12-3-8-11(6-13(12)24-2)19(22)20-17-9-4-14-15(26-7-25-14)5-10(9)18(21)16(8)17/h3-6H,7H2,1-2H3,(H,20,22). The largest absolute Gasteiger partial charge is 0.493 e. The maximum Gasteiger partial charge on any atom is 0.256 e. The molecule has 0 radical (unpaired) electrons. The van der Waals surface area contributed by atoms with Gasteiger partial charge in [-0.05, 0) is 24.3 Å². The number of ether oxygens (including phenoxy) is 4. The van der Waals surface area contributed by atoms with Gasteiger partial charge in [0.15, 0.2) is 28.8 Å². The Morgan fingerprint density at radius 2 is 1.50 bits per heavy atom. The van der Waals surface area contributed by atoms with E-state index in [1.807, 2.05) is 0 Å². The van der Waals surface area contributed by atoms with Crippen LogP contribution in [0, 0.1) is 0 Å². The third kappa shape index (κ3) is 1.77. The quantitative estimate of drug-likeness (QED) is 0.597. The van der Waals surface area contributed by atoms with Gasteiger partial charge in [-0.25, -0.2) is 0 Å². The van der Waals surface area contributed by atoms with Crippen molar-refractivity contribution in [3.05, 3.63) is 45.7 Å². The minimum atomic E-state index is -0.307. The van der Waals surface area contributed by atoms with E-state index in [1.165, 1.54) is 14.2 Å². The summed E-state index contributed by atoms with van der Waals surface area (Å²) in [6.45, 7) is 0.116. The van der Waals surface area contributed by atoms with Crippen LogP contribution in [0.25, 0.3) is 22.0 Å². The minimum absolute atomic E-state index is 0.116. The van der Waals surface area contributed by atoms with Gasteiger partial charge in [0.05, 0.1) is 30.9 Å². The molecule has 0 saturated carbocycles. The van der Waals surface area contributed by atoms with E-state index in [4.69, 9.17) is 18.9 Å². The van der Waals surface area contributed by atoms with Gasteiger partial charge in [0, 0.05) is 16.5 Å². The van der Waals surface area contributed by atoms with Crippen LogP contribution in [0.15, 0.2) is 29.1 Å². The number of aromatic amines is 1. The average Bonchev–Trinajstić information content (AvgIpc) is 3.22. The number of aromatic nitrogens is 1. The molecule has 1 aromatic heterocycles. The number of methoxy groups -OCH3 is 2. The molecule has 3 aromatic rings. The zero-order valence-corrected chi connectivity index (χ0v) is 14.0. The van der Waals surface area contributed by atoms with Crippen molar-refractivity contribution >= 4 is 16.6 Å². The minimum Gasteiger partial charge on any atom is -0.493 e. The van der Waals surface area contributed by atoms with Crippen LogP contribution in [0.4, 0.5) is 0 Å². The molecule has 1 aliphatic carbocycles. The summed E-state index contributed by atoms with van der Waals surface area (Å²) in [4.78, 5) is 28.5. The lowest BCUT2D eigenvalue weighted by Crippen LogP contribution is -2.10. The van der Waals surface area contributed by atoms with E-state index in [0.717, 1.165) is 0 Å². The second kappa shape index (κ2) is 5.01. The van der Waals surface area contributed by atoms with Crippen LogP contribution in [0.3, 0.4) is 0 Å². The first-order valence-corrected chi connectivity index (χ1v) is 7.93. The SMILES string of the molecule is COc1cc2c3c([nH]c(=O)c2cc1OC)-c1cc2c(cc1C3=O)OCO2. The van der Waals surface area contributed by atoms with Gasteiger partial charge in [-0.1, -0.05) is 0 Å². The van der Waals surface area contributed by atoms with Crippen LogP contribution in [-0.4, -0.2) is 31.8 Å². The van der Waals surface area contributed by atoms with E-state index in [2.05, 4.69) is 4.98 Å². The molecule has 5 rings (SSSR count). The van der Waals surface area contributed by atoms with Gasteiger partial charge in [0.1, 0.15) is 0 Å². The molecule has 2 heterocycles. The fourth-order valence-electron chi connectivity index (χ4n) is 3.56. The fraction of sp³-hybridized carbons (Fsp3) is 0.158. The average molecular weight is 351 g/mol. The number of benzene rings is 2. The first kappa shape index (κ1) is 14.8. The van der Waals surface area contributed by atoms with Gasteiger partial charge in [-0.3, -0.25) is 9.59 Å². The van der Waals surface area contributed by atoms with Crippen LogP contribution in [0.5, 0.6) is 23.0 Å². The molecule has 1 N–H and O–H groups in total. The summed E-state index contributed by atoms with van der Waals surface area (Å²) in [5.74, 6) is 1.77. The number of ketones is 1. The van der Waals surface area contributed by atoms with Crippen molar-refractivity contribution in [3.8, 4) is 34.3 Å². The molecule has 0 saturated heterocycles. The van der Waals surface area contributed by atoms with E-state index in [1.54, 1.807) is 24.3 Å². The summed E-state index contributed by atoms with van der Waals surface area (Å²) >= 11 is 0. The highest BCUT2D eigenvalue weighted by atomic mass is 16.7. The van der Waals surface area contributed by atoms with Gasteiger partial charge < -0.3 is 23.9 Å². The third-order valence-electron chi connectivity index (χ3n) is 4.78. The number of nitrogens with one attached hydrogen (secondary N) is 1. The highest BCUT2D eigenvalue weighted by Crippen LogP contribution is 2.45. The van der Waals surface area contributed by atoms with Gasteiger partial charge in [0.2, 0.25) is 6.79 Å². The Kier molecular flexibility index (Phi) is 2.86. The van der Waals surface area contributed by atoms with Crippen molar-refractivity contribution in [2.24, 2.45) is 0 Å². The number of fused-ring (bicyclic) bond motifs is 6. The Hall–Kier alpha value is -3.48. The van der Waals surface area contributed by atoms with E-state index in [9.17, 15) is 9.59 Å². The first-order valence-electron chi connectivity index (χ1n) is 7.93. The maximum atomic E-state index is 13.1. The number of carbonyl (C=O) groups excluding carboxylic acids is 1. The van der Waals surface area contributed by atoms with Crippen LogP contribution in [0.1, 0.15) is 15.9 Å². The molecular weight excluding hydrogens is 338 g/mol. The van der Waals surface area contributed by atoms with E-state index >= 15 is 0 Å². The van der Waals surface area contributed by atoms with Crippen LogP contribution in [-0.2, 0) is 0 Å². The Morgan fingerprint density at radius 1 is 0.885 bits per heavy atom. The molecule has 0 bridgehead atoms. The van der Waals surface area contributed by atoms with Crippen LogP contribution < -0.4 is 24.5 Å². The maximum absolute atomic E-state index is 13.1. The number of pyridine rings is 1. The Labute approximate surface area is 147 Å². The van der Waals surface area contributed by atoms with Crippen molar-refractivity contribution < 1.29 is 23.7 Å². The lowest BCUT2D eigenvalue weighted by atomic mass is 10.0. The predicted octanol–water partition coefficient (Wildman–Crippen LogP) is 2.49. The second-order valence-electron chi connectivity index (χ2n) is 6.04. The Morgan fingerprint density at radius 3 is 2.15 bits per heavy atom. The number of hydrogen-bond donors (Lipinski definition) is 1. The molecule has 7 nitrogen and oxygen atoms in total. The summed E-state index contributed by atoms with van der Waals surface area (Å²) in [6, 6.07) is 6.62. The summed E-state index contributed by atoms with van der Waals surface area (Å²) in [7, 11) is 3.00. The van der Waals surface area contributed by atoms with Gasteiger partial charge >= 0.3 is 0 Å². The molecule has 7 heteroatoms. The molecule has 26 heavy (non-hydrogen) atoms. The van der Waals surface area contributed by atoms with Crippen LogP contribution in [0.2, 0.25) is 0 Å². The highest BCUT2D eigenvalue weighted by molar-refractivity contribution is 6.27. The molecular formula is C19H13NO6. The van der Waals surface area contributed by atoms with Crippen molar-refractivity contribution in [2.45, 2.75) is 0 Å². The molecule has 0 unspecified atom stereocenters. The number of hydrogen-bond acceptors (Lipinski definition) is 6. The van der Waals surface area contributed by atoms with E-state index < -0.39 is 0 Å². The smallest absolute Gasteiger partial charge is 0.256 e. The number of H-pyrrole nitrogens is 1. The zero-order chi connectivity index (χ0) is 18.0. The first-order chi connectivity index (χ1) is 12.6. The molecule has 130 valence electrons. The Bertz CT molecular complexity index is 1180. The lowest BCUT2D eigenvalue weighted by Gasteiger charge is -2.11. The molecule has 0 spiro atoms. The summed E-state index contributed by atoms with van der Waals surface area (Å²) in [5.41, 5.74) is 1.70. The van der Waals surface area contributed by atoms with Crippen molar-refractivity contribution in [3.63, 3.8) is 0 Å². The van der Waals surface area contributed by atoms with Crippen molar-refractivity contribution in [2.75, 3.05) is 21.0 Å². The normalized spacial score (nSPS) is 13.7. The van der Waals surface area contributed by atoms with E-state index in [0.29, 0.717) is 56.2 Å². The third-order valence-corrected chi connectivity index (χ3v) is 4.78. The second-order valence-corrected chi connectivity index (χ2v) is 6.04. The van der Waals surface area contributed by atoms with E-state index in [-0.39, 0.29) is 18.1 Å². The topological polar surface area (TPSA) is 86.9 Å². The predicted molar refractivity (Wildman–Crippen MR) is 92.7 cm³/mol. The molecule has 1 aliphatic heterocycles. The lowest BCUT2D eigenvalue weighted by molar-refractivity contribution is 0.104. The van der Waals surface area contributed by atoms with Crippen molar-refractivity contribution in [1.29, 1.82) is 0 Å². The molecule has 0 amide bonds. The van der Waals surface area contributed by atoms with Gasteiger partial charge in [0.25, 0.3) is 5.56 Å². The molecule has 2 aliphatic rings. The number of rotatable bonds is 2. The molecule has 0 atom stereocenters.